The van der Waals surface area contributed by atoms with Crippen molar-refractivity contribution in [3.05, 3.63) is 70.3 Å². The fraction of sp³-hybridized carbons (Fsp3) is 0.222. The summed E-state index contributed by atoms with van der Waals surface area (Å²) in [4.78, 5) is 17.6. The fourth-order valence-electron chi connectivity index (χ4n) is 2.60. The lowest BCUT2D eigenvalue weighted by molar-refractivity contribution is 0.774. The second kappa shape index (κ2) is 5.52. The quantitative estimate of drug-likeness (QED) is 0.733. The largest absolute Gasteiger partial charge is 0.268 e. The summed E-state index contributed by atoms with van der Waals surface area (Å²) < 4.78 is 1.75. The summed E-state index contributed by atoms with van der Waals surface area (Å²) in [6.07, 6.45) is 1.74. The lowest BCUT2D eigenvalue weighted by Gasteiger charge is -2.13. The summed E-state index contributed by atoms with van der Waals surface area (Å²) in [5.74, 6) is 0.826. The van der Waals surface area contributed by atoms with Gasteiger partial charge in [0.1, 0.15) is 5.82 Å². The van der Waals surface area contributed by atoms with E-state index in [-0.39, 0.29) is 5.56 Å². The molecule has 0 fully saturated rings. The predicted octanol–water partition coefficient (Wildman–Crippen LogP) is 3.65. The number of benzene rings is 2. The number of aryl methyl sites for hydroxylation is 2. The number of nitrogens with zero attached hydrogens (tertiary/aromatic N) is 2. The Morgan fingerprint density at radius 1 is 1.10 bits per heavy atom. The average molecular weight is 278 g/mol. The van der Waals surface area contributed by atoms with Gasteiger partial charge in [0.25, 0.3) is 5.56 Å². The maximum absolute atomic E-state index is 12.9. The summed E-state index contributed by atoms with van der Waals surface area (Å²) in [5.41, 5.74) is 2.81. The van der Waals surface area contributed by atoms with Gasteiger partial charge in [0.15, 0.2) is 0 Å². The third-order valence-corrected chi connectivity index (χ3v) is 3.58. The molecule has 0 bridgehead atoms. The van der Waals surface area contributed by atoms with Gasteiger partial charge in [-0.15, -0.1) is 0 Å². The van der Waals surface area contributed by atoms with Gasteiger partial charge in [0.2, 0.25) is 0 Å². The van der Waals surface area contributed by atoms with Crippen LogP contribution in [0, 0.1) is 6.92 Å². The highest BCUT2D eigenvalue weighted by molar-refractivity contribution is 5.77. The van der Waals surface area contributed by atoms with Crippen LogP contribution in [0.25, 0.3) is 16.6 Å². The Bertz CT molecular complexity index is 849. The first-order valence-corrected chi connectivity index (χ1v) is 7.28. The summed E-state index contributed by atoms with van der Waals surface area (Å²) in [6.45, 7) is 4.13. The van der Waals surface area contributed by atoms with Crippen molar-refractivity contribution in [2.75, 3.05) is 0 Å². The monoisotopic (exact) mass is 278 g/mol. The molecule has 21 heavy (non-hydrogen) atoms. The molecule has 0 unspecified atom stereocenters. The molecule has 0 aliphatic rings. The van der Waals surface area contributed by atoms with Crippen LogP contribution in [0.1, 0.15) is 24.7 Å². The smallest absolute Gasteiger partial charge is 0.265 e. The molecule has 0 N–H and O–H groups in total. The van der Waals surface area contributed by atoms with Gasteiger partial charge in [0.05, 0.1) is 16.6 Å². The molecular formula is C18H18N2O. The van der Waals surface area contributed by atoms with Crippen LogP contribution in [-0.4, -0.2) is 9.55 Å². The zero-order chi connectivity index (χ0) is 14.8. The van der Waals surface area contributed by atoms with E-state index in [9.17, 15) is 4.79 Å². The summed E-state index contributed by atoms with van der Waals surface area (Å²) >= 11 is 0. The Morgan fingerprint density at radius 3 is 2.67 bits per heavy atom. The van der Waals surface area contributed by atoms with E-state index < -0.39 is 0 Å². The molecule has 1 heterocycles. The molecule has 0 amide bonds. The van der Waals surface area contributed by atoms with Crippen LogP contribution in [0.3, 0.4) is 0 Å². The first-order valence-electron chi connectivity index (χ1n) is 7.28. The molecule has 0 saturated carbocycles. The van der Waals surface area contributed by atoms with Crippen LogP contribution in [-0.2, 0) is 6.42 Å². The zero-order valence-electron chi connectivity index (χ0n) is 12.3. The minimum atomic E-state index is 0.00894. The van der Waals surface area contributed by atoms with E-state index in [2.05, 4.69) is 6.92 Å². The molecule has 0 radical (unpaired) electrons. The topological polar surface area (TPSA) is 34.9 Å². The van der Waals surface area contributed by atoms with Crippen molar-refractivity contribution in [2.45, 2.75) is 26.7 Å². The maximum atomic E-state index is 12.9. The molecule has 3 aromatic rings. The standard InChI is InChI=1S/C18H18N2O/c1-3-7-17-19-16-11-5-4-10-15(16)18(21)20(17)14-9-6-8-13(2)12-14/h4-6,8-12H,3,7H2,1-2H3. The lowest BCUT2D eigenvalue weighted by Crippen LogP contribution is -2.24. The highest BCUT2D eigenvalue weighted by atomic mass is 16.1. The van der Waals surface area contributed by atoms with Crippen LogP contribution in [0.15, 0.2) is 53.3 Å². The second-order valence-corrected chi connectivity index (χ2v) is 5.27. The molecule has 3 nitrogen and oxygen atoms in total. The molecular weight excluding hydrogens is 260 g/mol. The SMILES string of the molecule is CCCc1nc2ccccc2c(=O)n1-c1cccc(C)c1. The molecule has 106 valence electrons. The molecule has 2 aromatic carbocycles. The summed E-state index contributed by atoms with van der Waals surface area (Å²) in [7, 11) is 0. The maximum Gasteiger partial charge on any atom is 0.265 e. The number of para-hydroxylation sites is 1. The fourth-order valence-corrected chi connectivity index (χ4v) is 2.60. The van der Waals surface area contributed by atoms with Gasteiger partial charge in [-0.25, -0.2) is 4.98 Å². The van der Waals surface area contributed by atoms with Crippen molar-refractivity contribution in [2.24, 2.45) is 0 Å². The first kappa shape index (κ1) is 13.6. The molecule has 0 spiro atoms. The van der Waals surface area contributed by atoms with Gasteiger partial charge in [-0.2, -0.15) is 0 Å². The van der Waals surface area contributed by atoms with Crippen LogP contribution < -0.4 is 5.56 Å². The Hall–Kier alpha value is -2.42. The molecule has 0 atom stereocenters. The van der Waals surface area contributed by atoms with Gasteiger partial charge in [-0.05, 0) is 43.2 Å². The van der Waals surface area contributed by atoms with Crippen molar-refractivity contribution in [3.63, 3.8) is 0 Å². The zero-order valence-corrected chi connectivity index (χ0v) is 12.3. The van der Waals surface area contributed by atoms with E-state index in [1.54, 1.807) is 4.57 Å². The second-order valence-electron chi connectivity index (χ2n) is 5.27. The average Bonchev–Trinajstić information content (AvgIpc) is 2.48. The number of hydrogen-bond donors (Lipinski definition) is 0. The van der Waals surface area contributed by atoms with Crippen molar-refractivity contribution in [1.82, 2.24) is 9.55 Å². The summed E-state index contributed by atoms with van der Waals surface area (Å²) in [5, 5.41) is 0.666. The molecule has 0 aliphatic heterocycles. The van der Waals surface area contributed by atoms with Gasteiger partial charge >= 0.3 is 0 Å². The molecule has 0 saturated heterocycles. The molecule has 1 aromatic heterocycles. The van der Waals surface area contributed by atoms with E-state index in [1.165, 1.54) is 0 Å². The van der Waals surface area contributed by atoms with Crippen molar-refractivity contribution in [3.8, 4) is 5.69 Å². The Kier molecular flexibility index (Phi) is 3.57. The summed E-state index contributed by atoms with van der Waals surface area (Å²) in [6, 6.07) is 15.5. The van der Waals surface area contributed by atoms with Crippen LogP contribution in [0.5, 0.6) is 0 Å². The van der Waals surface area contributed by atoms with Gasteiger partial charge in [-0.3, -0.25) is 9.36 Å². The van der Waals surface area contributed by atoms with Crippen molar-refractivity contribution < 1.29 is 0 Å². The highest BCUT2D eigenvalue weighted by Gasteiger charge is 2.11. The number of hydrogen-bond acceptors (Lipinski definition) is 2. The third-order valence-electron chi connectivity index (χ3n) is 3.58. The normalized spacial score (nSPS) is 11.0. The van der Waals surface area contributed by atoms with Crippen LogP contribution in [0.2, 0.25) is 0 Å². The Labute approximate surface area is 123 Å². The van der Waals surface area contributed by atoms with Crippen molar-refractivity contribution >= 4 is 10.9 Å². The molecule has 3 rings (SSSR count). The van der Waals surface area contributed by atoms with Crippen LogP contribution in [0.4, 0.5) is 0 Å². The molecule has 0 aliphatic carbocycles. The number of rotatable bonds is 3. The highest BCUT2D eigenvalue weighted by Crippen LogP contribution is 2.15. The Morgan fingerprint density at radius 2 is 1.90 bits per heavy atom. The van der Waals surface area contributed by atoms with Gasteiger partial charge in [0, 0.05) is 6.42 Å². The van der Waals surface area contributed by atoms with E-state index in [0.717, 1.165) is 35.4 Å². The van der Waals surface area contributed by atoms with E-state index in [0.29, 0.717) is 5.39 Å². The lowest BCUT2D eigenvalue weighted by atomic mass is 10.2. The van der Waals surface area contributed by atoms with E-state index >= 15 is 0 Å². The van der Waals surface area contributed by atoms with Crippen molar-refractivity contribution in [1.29, 1.82) is 0 Å². The van der Waals surface area contributed by atoms with E-state index in [4.69, 9.17) is 4.98 Å². The van der Waals surface area contributed by atoms with E-state index in [1.807, 2.05) is 55.5 Å². The minimum Gasteiger partial charge on any atom is -0.268 e. The van der Waals surface area contributed by atoms with Crippen LogP contribution >= 0.6 is 0 Å². The Balaban J connectivity index is 2.36. The van der Waals surface area contributed by atoms with Gasteiger partial charge in [-0.1, -0.05) is 31.2 Å². The first-order chi connectivity index (χ1) is 10.2. The predicted molar refractivity (Wildman–Crippen MR) is 86.1 cm³/mol. The number of fused-ring (bicyclic) bond motifs is 1. The van der Waals surface area contributed by atoms with Gasteiger partial charge < -0.3 is 0 Å². The third kappa shape index (κ3) is 2.47. The molecule has 3 heteroatoms. The number of aromatic nitrogens is 2. The minimum absolute atomic E-state index is 0.00894.